The minimum Gasteiger partial charge on any atom is -0.392 e. The van der Waals surface area contributed by atoms with Gasteiger partial charge in [-0.3, -0.25) is 9.89 Å². The normalized spacial score (nSPS) is 15.6. The molecule has 3 rings (SSSR count). The molecule has 158 valence electrons. The summed E-state index contributed by atoms with van der Waals surface area (Å²) in [7, 11) is 1.75. The number of piperidine rings is 1. The van der Waals surface area contributed by atoms with Crippen LogP contribution in [-0.4, -0.2) is 42.1 Å². The first-order valence-corrected chi connectivity index (χ1v) is 9.79. The van der Waals surface area contributed by atoms with Gasteiger partial charge in [0, 0.05) is 44.8 Å². The number of aliphatic hydroxyl groups is 1. The zero-order chi connectivity index (χ0) is 19.8. The smallest absolute Gasteiger partial charge is 0.191 e. The van der Waals surface area contributed by atoms with Crippen LogP contribution in [0.5, 0.6) is 0 Å². The zero-order valence-electron chi connectivity index (χ0n) is 16.8. The summed E-state index contributed by atoms with van der Waals surface area (Å²) in [6.45, 7) is 3.34. The van der Waals surface area contributed by atoms with Crippen LogP contribution in [0.25, 0.3) is 0 Å². The summed E-state index contributed by atoms with van der Waals surface area (Å²) >= 11 is 0. The van der Waals surface area contributed by atoms with Crippen LogP contribution in [0.15, 0.2) is 53.5 Å². The molecule has 0 aliphatic carbocycles. The van der Waals surface area contributed by atoms with Crippen LogP contribution in [0, 0.1) is 5.82 Å². The molecule has 0 radical (unpaired) electrons. The largest absolute Gasteiger partial charge is 0.392 e. The molecule has 7 heteroatoms. The molecule has 1 heterocycles. The number of nitrogens with zero attached hydrogens (tertiary/aromatic N) is 2. The summed E-state index contributed by atoms with van der Waals surface area (Å²) in [4.78, 5) is 6.79. The maximum atomic E-state index is 13.5. The van der Waals surface area contributed by atoms with Gasteiger partial charge in [-0.15, -0.1) is 24.0 Å². The van der Waals surface area contributed by atoms with E-state index in [0.29, 0.717) is 18.2 Å². The number of likely N-dealkylation sites (tertiary alicyclic amines) is 1. The van der Waals surface area contributed by atoms with Crippen molar-refractivity contribution >= 4 is 29.9 Å². The molecule has 0 atom stereocenters. The molecule has 1 saturated heterocycles. The van der Waals surface area contributed by atoms with Gasteiger partial charge in [0.1, 0.15) is 5.82 Å². The van der Waals surface area contributed by atoms with E-state index in [4.69, 9.17) is 0 Å². The Labute approximate surface area is 189 Å². The summed E-state index contributed by atoms with van der Waals surface area (Å²) < 4.78 is 13.5. The monoisotopic (exact) mass is 512 g/mol. The maximum Gasteiger partial charge on any atom is 0.191 e. The number of benzene rings is 2. The Morgan fingerprint density at radius 1 is 1.14 bits per heavy atom. The molecular weight excluding hydrogens is 482 g/mol. The highest BCUT2D eigenvalue weighted by Gasteiger charge is 2.20. The van der Waals surface area contributed by atoms with E-state index in [9.17, 15) is 9.50 Å². The highest BCUT2D eigenvalue weighted by molar-refractivity contribution is 14.0. The lowest BCUT2D eigenvalue weighted by Crippen LogP contribution is -2.48. The first kappa shape index (κ1) is 23.6. The van der Waals surface area contributed by atoms with Gasteiger partial charge in [0.05, 0.1) is 6.61 Å². The van der Waals surface area contributed by atoms with Gasteiger partial charge in [-0.05, 0) is 36.1 Å². The lowest BCUT2D eigenvalue weighted by molar-refractivity contribution is 0.198. The number of aliphatic hydroxyl groups excluding tert-OH is 1. The fourth-order valence-corrected chi connectivity index (χ4v) is 3.51. The third-order valence-corrected chi connectivity index (χ3v) is 5.14. The first-order valence-electron chi connectivity index (χ1n) is 9.79. The van der Waals surface area contributed by atoms with Crippen LogP contribution >= 0.6 is 24.0 Å². The number of aliphatic imine (C=N–C) groups is 1. The predicted octanol–water partition coefficient (Wildman–Crippen LogP) is 3.27. The molecule has 0 spiro atoms. The molecule has 5 nitrogen and oxygen atoms in total. The molecule has 2 aromatic carbocycles. The summed E-state index contributed by atoms with van der Waals surface area (Å²) in [5.41, 5.74) is 2.58. The van der Waals surface area contributed by atoms with Crippen molar-refractivity contribution in [2.75, 3.05) is 20.1 Å². The Bertz CT molecular complexity index is 780. The summed E-state index contributed by atoms with van der Waals surface area (Å²) in [5, 5.41) is 16.0. The van der Waals surface area contributed by atoms with Crippen LogP contribution < -0.4 is 10.6 Å². The van der Waals surface area contributed by atoms with Crippen LogP contribution in [0.1, 0.15) is 29.5 Å². The lowest BCUT2D eigenvalue weighted by atomic mass is 10.0. The Hall–Kier alpha value is -1.71. The van der Waals surface area contributed by atoms with Crippen LogP contribution in [-0.2, 0) is 19.7 Å². The molecular formula is C22H30FIN4O. The molecule has 0 aromatic heterocycles. The second kappa shape index (κ2) is 12.1. The van der Waals surface area contributed by atoms with Crippen LogP contribution in [0.2, 0.25) is 0 Å². The third kappa shape index (κ3) is 7.24. The van der Waals surface area contributed by atoms with Gasteiger partial charge < -0.3 is 15.7 Å². The van der Waals surface area contributed by atoms with Crippen LogP contribution in [0.3, 0.4) is 0 Å². The quantitative estimate of drug-likeness (QED) is 0.316. The Balaban J connectivity index is 0.00000300. The van der Waals surface area contributed by atoms with Crippen molar-refractivity contribution in [2.45, 2.75) is 38.6 Å². The van der Waals surface area contributed by atoms with Gasteiger partial charge in [0.15, 0.2) is 5.96 Å². The van der Waals surface area contributed by atoms with Gasteiger partial charge in [-0.25, -0.2) is 4.39 Å². The van der Waals surface area contributed by atoms with Crippen LogP contribution in [0.4, 0.5) is 4.39 Å². The second-order valence-corrected chi connectivity index (χ2v) is 7.19. The number of nitrogens with one attached hydrogen (secondary N) is 2. The van der Waals surface area contributed by atoms with E-state index in [-0.39, 0.29) is 36.4 Å². The van der Waals surface area contributed by atoms with Gasteiger partial charge in [-0.2, -0.15) is 0 Å². The van der Waals surface area contributed by atoms with E-state index >= 15 is 0 Å². The van der Waals surface area contributed by atoms with E-state index in [0.717, 1.165) is 44.0 Å². The summed E-state index contributed by atoms with van der Waals surface area (Å²) in [6, 6.07) is 15.7. The molecule has 0 amide bonds. The van der Waals surface area contributed by atoms with E-state index in [1.165, 1.54) is 11.6 Å². The molecule has 0 bridgehead atoms. The minimum absolute atomic E-state index is 0. The molecule has 1 aliphatic rings. The highest BCUT2D eigenvalue weighted by atomic mass is 127. The van der Waals surface area contributed by atoms with E-state index in [1.807, 2.05) is 0 Å². The molecule has 1 aliphatic heterocycles. The Morgan fingerprint density at radius 3 is 2.52 bits per heavy atom. The zero-order valence-corrected chi connectivity index (χ0v) is 19.1. The minimum atomic E-state index is -0.379. The topological polar surface area (TPSA) is 59.9 Å². The van der Waals surface area contributed by atoms with Crippen molar-refractivity contribution < 1.29 is 9.50 Å². The summed E-state index contributed by atoms with van der Waals surface area (Å²) in [5.74, 6) is 0.368. The predicted molar refractivity (Wildman–Crippen MR) is 126 cm³/mol. The van der Waals surface area contributed by atoms with Crippen molar-refractivity contribution in [1.29, 1.82) is 0 Å². The van der Waals surface area contributed by atoms with Gasteiger partial charge in [-0.1, -0.05) is 36.4 Å². The number of guanidine groups is 1. The Kier molecular flexibility index (Phi) is 9.83. The Morgan fingerprint density at radius 2 is 1.86 bits per heavy atom. The highest BCUT2D eigenvalue weighted by Crippen LogP contribution is 2.14. The number of halogens is 2. The molecule has 0 unspecified atom stereocenters. The molecule has 2 aromatic rings. The maximum absolute atomic E-state index is 13.5. The van der Waals surface area contributed by atoms with Crippen molar-refractivity contribution in [1.82, 2.24) is 15.5 Å². The molecule has 3 N–H and O–H groups in total. The van der Waals surface area contributed by atoms with Crippen molar-refractivity contribution in [3.05, 3.63) is 71.0 Å². The molecule has 1 fully saturated rings. The van der Waals surface area contributed by atoms with E-state index in [2.05, 4.69) is 50.9 Å². The van der Waals surface area contributed by atoms with Crippen molar-refractivity contribution in [3.63, 3.8) is 0 Å². The number of hydrogen-bond acceptors (Lipinski definition) is 3. The van der Waals surface area contributed by atoms with Gasteiger partial charge in [0.25, 0.3) is 0 Å². The second-order valence-electron chi connectivity index (χ2n) is 7.19. The van der Waals surface area contributed by atoms with Gasteiger partial charge >= 0.3 is 0 Å². The SMILES string of the molecule is CN=C(NCc1ccc(F)c(CO)c1)NC1CCN(Cc2ccccc2)CC1.I. The lowest BCUT2D eigenvalue weighted by Gasteiger charge is -2.33. The van der Waals surface area contributed by atoms with Crippen molar-refractivity contribution in [3.8, 4) is 0 Å². The van der Waals surface area contributed by atoms with E-state index < -0.39 is 0 Å². The van der Waals surface area contributed by atoms with Gasteiger partial charge in [0.2, 0.25) is 0 Å². The standard InChI is InChI=1S/C22H29FN4O.HI/c1-24-22(25-14-18-7-8-21(23)19(13-18)16-28)26-20-9-11-27(12-10-20)15-17-5-3-2-4-6-17;/h2-8,13,20,28H,9-12,14-16H2,1H3,(H2,24,25,26);1H. The third-order valence-electron chi connectivity index (χ3n) is 5.14. The molecule has 0 saturated carbocycles. The van der Waals surface area contributed by atoms with E-state index in [1.54, 1.807) is 19.2 Å². The first-order chi connectivity index (χ1) is 13.7. The fourth-order valence-electron chi connectivity index (χ4n) is 3.51. The number of hydrogen-bond donors (Lipinski definition) is 3. The summed E-state index contributed by atoms with van der Waals surface area (Å²) in [6.07, 6.45) is 2.14. The average Bonchev–Trinajstić information content (AvgIpc) is 2.74. The molecule has 29 heavy (non-hydrogen) atoms. The number of rotatable bonds is 6. The van der Waals surface area contributed by atoms with Crippen molar-refractivity contribution in [2.24, 2.45) is 4.99 Å². The fraction of sp³-hybridized carbons (Fsp3) is 0.409. The average molecular weight is 512 g/mol.